The largest absolute Gasteiger partial charge is 0.497 e. The maximum Gasteiger partial charge on any atom is 0.260 e. The summed E-state index contributed by atoms with van der Waals surface area (Å²) in [5, 5.41) is 0. The van der Waals surface area contributed by atoms with E-state index < -0.39 is 0 Å². The Morgan fingerprint density at radius 1 is 0.636 bits per heavy atom. The summed E-state index contributed by atoms with van der Waals surface area (Å²) in [5.41, 5.74) is 12.9. The van der Waals surface area contributed by atoms with Crippen molar-refractivity contribution in [2.75, 3.05) is 34.5 Å². The molecule has 12 nitrogen and oxygen atoms in total. The summed E-state index contributed by atoms with van der Waals surface area (Å²) in [6.45, 7) is 1.09. The molecule has 4 aliphatic rings. The molecule has 4 aliphatic heterocycles. The van der Waals surface area contributed by atoms with E-state index in [1.165, 1.54) is 0 Å². The summed E-state index contributed by atoms with van der Waals surface area (Å²) in [6.07, 6.45) is 9.27. The zero-order valence-corrected chi connectivity index (χ0v) is 30.9. The molecule has 8 rings (SSSR count). The number of benzene rings is 4. The summed E-state index contributed by atoms with van der Waals surface area (Å²) in [6, 6.07) is 22.4. The highest BCUT2D eigenvalue weighted by Crippen LogP contribution is 2.42. The maximum absolute atomic E-state index is 13.7. The number of aliphatic imine (C=N–C) groups is 2. The van der Waals surface area contributed by atoms with Gasteiger partial charge in [-0.1, -0.05) is 36.4 Å². The van der Waals surface area contributed by atoms with Gasteiger partial charge in [0.05, 0.1) is 69.1 Å². The van der Waals surface area contributed by atoms with Crippen molar-refractivity contribution in [1.29, 1.82) is 0 Å². The van der Waals surface area contributed by atoms with Crippen molar-refractivity contribution in [3.63, 3.8) is 0 Å². The van der Waals surface area contributed by atoms with Crippen LogP contribution in [0.5, 0.6) is 28.7 Å². The van der Waals surface area contributed by atoms with Crippen molar-refractivity contribution < 1.29 is 33.3 Å². The van der Waals surface area contributed by atoms with Crippen LogP contribution in [0.4, 0.5) is 11.4 Å². The molecular formula is C43H41N5O7. The van der Waals surface area contributed by atoms with E-state index >= 15 is 0 Å². The lowest BCUT2D eigenvalue weighted by Crippen LogP contribution is -2.32. The second-order valence-electron chi connectivity index (χ2n) is 13.6. The van der Waals surface area contributed by atoms with Gasteiger partial charge in [-0.2, -0.15) is 0 Å². The lowest BCUT2D eigenvalue weighted by atomic mass is 10.0. The molecule has 55 heavy (non-hydrogen) atoms. The number of nitrogens with two attached hydrogens (primary N) is 1. The van der Waals surface area contributed by atoms with E-state index in [0.717, 1.165) is 33.6 Å². The Hall–Kier alpha value is -6.40. The third-order valence-corrected chi connectivity index (χ3v) is 10.3. The van der Waals surface area contributed by atoms with Crippen LogP contribution in [0.1, 0.15) is 56.7 Å². The first kappa shape index (κ1) is 35.6. The Morgan fingerprint density at radius 2 is 1.11 bits per heavy atom. The Labute approximate surface area is 319 Å². The number of carbonyl (C=O) groups is 2. The molecule has 0 radical (unpaired) electrons. The fraction of sp³-hybridized carbons (Fsp3) is 0.256. The Morgan fingerprint density at radius 3 is 1.55 bits per heavy atom. The van der Waals surface area contributed by atoms with Crippen LogP contribution in [0.25, 0.3) is 11.1 Å². The molecule has 0 unspecified atom stereocenters. The second-order valence-corrected chi connectivity index (χ2v) is 13.6. The molecule has 0 aliphatic carbocycles. The zero-order valence-electron chi connectivity index (χ0n) is 30.9. The average molecular weight is 740 g/mol. The normalized spacial score (nSPS) is 18.0. The van der Waals surface area contributed by atoms with Crippen LogP contribution in [-0.2, 0) is 6.54 Å². The maximum atomic E-state index is 13.7. The van der Waals surface area contributed by atoms with E-state index in [1.54, 1.807) is 55.4 Å². The lowest BCUT2D eigenvalue weighted by Gasteiger charge is -2.19. The highest BCUT2D eigenvalue weighted by molar-refractivity contribution is 6.06. The van der Waals surface area contributed by atoms with Crippen LogP contribution in [0.15, 0.2) is 95.2 Å². The van der Waals surface area contributed by atoms with E-state index in [0.29, 0.717) is 84.5 Å². The summed E-state index contributed by atoms with van der Waals surface area (Å²) in [7, 11) is 4.72. The van der Waals surface area contributed by atoms with Crippen LogP contribution in [0.2, 0.25) is 0 Å². The van der Waals surface area contributed by atoms with Gasteiger partial charge in [-0.05, 0) is 52.1 Å². The van der Waals surface area contributed by atoms with Crippen molar-refractivity contribution in [1.82, 2.24) is 9.80 Å². The summed E-state index contributed by atoms with van der Waals surface area (Å²) in [4.78, 5) is 40.4. The van der Waals surface area contributed by atoms with Gasteiger partial charge in [0.2, 0.25) is 0 Å². The van der Waals surface area contributed by atoms with Crippen molar-refractivity contribution in [2.45, 2.75) is 37.9 Å². The lowest BCUT2D eigenvalue weighted by molar-refractivity contribution is 0.0809. The Kier molecular flexibility index (Phi) is 9.81. The quantitative estimate of drug-likeness (QED) is 0.154. The number of hydrogen-bond acceptors (Lipinski definition) is 10. The number of fused-ring (bicyclic) bond motifs is 4. The molecule has 0 spiro atoms. The van der Waals surface area contributed by atoms with Crippen LogP contribution in [-0.4, -0.2) is 80.7 Å². The Bertz CT molecular complexity index is 2100. The van der Waals surface area contributed by atoms with Crippen molar-refractivity contribution in [3.05, 3.63) is 113 Å². The molecule has 4 aromatic carbocycles. The average Bonchev–Trinajstić information content (AvgIpc) is 3.80. The van der Waals surface area contributed by atoms with Gasteiger partial charge in [0.1, 0.15) is 5.75 Å². The van der Waals surface area contributed by atoms with Gasteiger partial charge in [-0.25, -0.2) is 0 Å². The first-order valence-corrected chi connectivity index (χ1v) is 18.2. The number of amides is 2. The predicted octanol–water partition coefficient (Wildman–Crippen LogP) is 6.96. The highest BCUT2D eigenvalue weighted by atomic mass is 16.5. The van der Waals surface area contributed by atoms with Gasteiger partial charge in [-0.15, -0.1) is 0 Å². The molecule has 0 saturated carbocycles. The predicted molar refractivity (Wildman–Crippen MR) is 210 cm³/mol. The fourth-order valence-corrected chi connectivity index (χ4v) is 7.23. The molecule has 4 heterocycles. The van der Waals surface area contributed by atoms with Crippen molar-refractivity contribution in [3.8, 4) is 28.7 Å². The molecular weight excluding hydrogens is 699 g/mol. The van der Waals surface area contributed by atoms with E-state index in [2.05, 4.69) is 0 Å². The van der Waals surface area contributed by atoms with Crippen molar-refractivity contribution >= 4 is 46.8 Å². The molecule has 4 aromatic rings. The van der Waals surface area contributed by atoms with Gasteiger partial charge in [0, 0.05) is 62.8 Å². The number of ether oxygens (including phenoxy) is 5. The van der Waals surface area contributed by atoms with Crippen LogP contribution in [0.3, 0.4) is 0 Å². The molecule has 0 saturated heterocycles. The molecule has 280 valence electrons. The van der Waals surface area contributed by atoms with Crippen LogP contribution in [0, 0.1) is 0 Å². The number of nitrogens with zero attached hydrogens (tertiary/aromatic N) is 4. The van der Waals surface area contributed by atoms with Crippen LogP contribution < -0.4 is 29.4 Å². The van der Waals surface area contributed by atoms with E-state index in [4.69, 9.17) is 39.4 Å². The first-order chi connectivity index (χ1) is 26.9. The van der Waals surface area contributed by atoms with Gasteiger partial charge in [0.15, 0.2) is 23.0 Å². The highest BCUT2D eigenvalue weighted by Gasteiger charge is 2.35. The zero-order chi connectivity index (χ0) is 38.1. The standard InChI is InChI=1S/C43H41N5O7/c1-51-33-11-9-28(10-12-33)30-16-32-23-46-37-20-41(39(53-3)18-35(37)43(50)48(32)25-30)55-14-4-13-54-40-19-36-34(17-38(40)52-2)42(49)47-24-29(15-31(47)22-45-36)27-7-5-26(21-44)6-8-27/h5-12,17-20,22-25,31-32H,4,13-16,21,44H2,1-3H3/t31-,32-/m0/s1. The fourth-order valence-electron chi connectivity index (χ4n) is 7.23. The SMILES string of the molecule is COc1ccc(C2=CN3C(=O)c4cc(OC)c(OCCCOc5cc6c(cc5OC)C(=O)N5C=C(c7ccc(CN)cc7)C[C@H]5C=N6)cc4N=C[C@@H]3C2)cc1. The summed E-state index contributed by atoms with van der Waals surface area (Å²) in [5.74, 6) is 2.29. The molecule has 0 fully saturated rings. The van der Waals surface area contributed by atoms with Gasteiger partial charge < -0.3 is 39.2 Å². The van der Waals surface area contributed by atoms with E-state index in [1.807, 2.05) is 73.4 Å². The molecule has 2 amide bonds. The second kappa shape index (κ2) is 15.2. The minimum atomic E-state index is -0.203. The third-order valence-electron chi connectivity index (χ3n) is 10.3. The molecule has 12 heteroatoms. The van der Waals surface area contributed by atoms with Gasteiger partial charge in [-0.3, -0.25) is 19.6 Å². The van der Waals surface area contributed by atoms with Crippen molar-refractivity contribution in [2.24, 2.45) is 15.7 Å². The number of hydrogen-bond donors (Lipinski definition) is 1. The van der Waals surface area contributed by atoms with E-state index in [-0.39, 0.29) is 23.9 Å². The number of methoxy groups -OCH3 is 3. The third kappa shape index (κ3) is 6.92. The molecule has 2 atom stereocenters. The van der Waals surface area contributed by atoms with Gasteiger partial charge >= 0.3 is 0 Å². The minimum absolute atomic E-state index is 0.153. The first-order valence-electron chi connectivity index (χ1n) is 18.2. The van der Waals surface area contributed by atoms with E-state index in [9.17, 15) is 9.59 Å². The molecule has 0 bridgehead atoms. The molecule has 0 aromatic heterocycles. The topological polar surface area (TPSA) is 138 Å². The summed E-state index contributed by atoms with van der Waals surface area (Å²) >= 11 is 0. The summed E-state index contributed by atoms with van der Waals surface area (Å²) < 4.78 is 28.8. The number of rotatable bonds is 12. The smallest absolute Gasteiger partial charge is 0.260 e. The number of carbonyl (C=O) groups excluding carboxylic acids is 2. The molecule has 2 N–H and O–H groups in total. The van der Waals surface area contributed by atoms with Crippen LogP contribution >= 0.6 is 0 Å². The minimum Gasteiger partial charge on any atom is -0.497 e. The Balaban J connectivity index is 0.906. The monoisotopic (exact) mass is 739 g/mol. The van der Waals surface area contributed by atoms with Gasteiger partial charge in [0.25, 0.3) is 11.8 Å².